The van der Waals surface area contributed by atoms with Gasteiger partial charge in [0.1, 0.15) is 5.15 Å². The van der Waals surface area contributed by atoms with Crippen LogP contribution in [0, 0.1) is 0 Å². The molecule has 0 atom stereocenters. The second-order valence-electron chi connectivity index (χ2n) is 3.70. The molecule has 2 aromatic rings. The van der Waals surface area contributed by atoms with Crippen molar-refractivity contribution in [1.29, 1.82) is 0 Å². The Morgan fingerprint density at radius 2 is 1.81 bits per heavy atom. The molecular weight excluding hydrogens is 357 g/mol. The molecular formula is C10H3Cl3F3N3O2. The summed E-state index contributed by atoms with van der Waals surface area (Å²) in [6, 6.07) is 1.48. The zero-order chi connectivity index (χ0) is 15.9. The van der Waals surface area contributed by atoms with Crippen LogP contribution in [0.5, 0.6) is 0 Å². The molecule has 112 valence electrons. The van der Waals surface area contributed by atoms with Crippen LogP contribution in [-0.2, 0) is 6.18 Å². The number of hydrogen-bond acceptors (Lipinski definition) is 3. The summed E-state index contributed by atoms with van der Waals surface area (Å²) in [6.45, 7) is 0. The molecule has 21 heavy (non-hydrogen) atoms. The maximum atomic E-state index is 12.6. The van der Waals surface area contributed by atoms with Gasteiger partial charge in [-0.3, -0.25) is 0 Å². The zero-order valence-electron chi connectivity index (χ0n) is 9.62. The van der Waals surface area contributed by atoms with E-state index in [0.717, 1.165) is 6.07 Å². The van der Waals surface area contributed by atoms with Gasteiger partial charge in [0.2, 0.25) is 0 Å². The van der Waals surface area contributed by atoms with E-state index in [2.05, 4.69) is 10.1 Å². The first-order valence-corrected chi connectivity index (χ1v) is 6.17. The van der Waals surface area contributed by atoms with Crippen molar-refractivity contribution in [2.75, 3.05) is 0 Å². The van der Waals surface area contributed by atoms with Gasteiger partial charge in [0.15, 0.2) is 17.2 Å². The van der Waals surface area contributed by atoms with E-state index in [1.54, 1.807) is 0 Å². The molecule has 0 aliphatic heterocycles. The number of aromatic carboxylic acids is 1. The average molecular weight is 361 g/mol. The molecule has 0 aliphatic rings. The van der Waals surface area contributed by atoms with Crippen LogP contribution in [0.4, 0.5) is 13.2 Å². The summed E-state index contributed by atoms with van der Waals surface area (Å²) < 4.78 is 38.3. The van der Waals surface area contributed by atoms with Gasteiger partial charge in [0.25, 0.3) is 0 Å². The number of hydrogen-bond donors (Lipinski definition) is 1. The van der Waals surface area contributed by atoms with Crippen LogP contribution in [0.3, 0.4) is 0 Å². The lowest BCUT2D eigenvalue weighted by Gasteiger charge is -2.07. The van der Waals surface area contributed by atoms with Crippen LogP contribution < -0.4 is 0 Å². The molecule has 0 bridgehead atoms. The molecule has 1 N–H and O–H groups in total. The summed E-state index contributed by atoms with van der Waals surface area (Å²) in [4.78, 5) is 14.7. The molecule has 0 aliphatic carbocycles. The SMILES string of the molecule is O=C(O)c1cc(C(F)(F)F)nn1-c1nc(Cl)c(Cl)cc1Cl. The number of aromatic nitrogens is 3. The minimum Gasteiger partial charge on any atom is -0.477 e. The Labute approximate surface area is 129 Å². The van der Waals surface area contributed by atoms with E-state index in [9.17, 15) is 18.0 Å². The van der Waals surface area contributed by atoms with Crippen LogP contribution >= 0.6 is 34.8 Å². The molecule has 11 heteroatoms. The number of carboxylic acid groups (broad SMARTS) is 1. The van der Waals surface area contributed by atoms with E-state index in [-0.39, 0.29) is 21.0 Å². The molecule has 0 radical (unpaired) electrons. The third-order valence-corrected chi connectivity index (χ3v) is 3.24. The van der Waals surface area contributed by atoms with Crippen LogP contribution in [0.15, 0.2) is 12.1 Å². The topological polar surface area (TPSA) is 68.0 Å². The predicted octanol–water partition coefficient (Wildman–Crippen LogP) is 3.94. The van der Waals surface area contributed by atoms with E-state index in [0.29, 0.717) is 10.7 Å². The van der Waals surface area contributed by atoms with Gasteiger partial charge < -0.3 is 5.11 Å². The second kappa shape index (κ2) is 5.36. The highest BCUT2D eigenvalue weighted by atomic mass is 35.5. The lowest BCUT2D eigenvalue weighted by molar-refractivity contribution is -0.141. The van der Waals surface area contributed by atoms with Crippen LogP contribution in [0.1, 0.15) is 16.2 Å². The standard InChI is InChI=1S/C10H3Cl3F3N3O2/c11-3-1-4(12)8(17-7(3)13)19-5(9(20)21)2-6(18-19)10(14,15)16/h1-2H,(H,20,21). The molecule has 2 rings (SSSR count). The number of carbonyl (C=O) groups is 1. The normalized spacial score (nSPS) is 11.7. The monoisotopic (exact) mass is 359 g/mol. The summed E-state index contributed by atoms with van der Waals surface area (Å²) in [5.74, 6) is -2.01. The van der Waals surface area contributed by atoms with Crippen molar-refractivity contribution in [2.24, 2.45) is 0 Å². The smallest absolute Gasteiger partial charge is 0.435 e. The van der Waals surface area contributed by atoms with Crippen LogP contribution in [0.25, 0.3) is 5.82 Å². The Morgan fingerprint density at radius 3 is 2.33 bits per heavy atom. The van der Waals surface area contributed by atoms with Gasteiger partial charge in [-0.25, -0.2) is 14.5 Å². The highest BCUT2D eigenvalue weighted by Crippen LogP contribution is 2.32. The average Bonchev–Trinajstić information content (AvgIpc) is 2.78. The van der Waals surface area contributed by atoms with E-state index < -0.39 is 23.5 Å². The van der Waals surface area contributed by atoms with Crippen molar-refractivity contribution >= 4 is 40.8 Å². The Balaban J connectivity index is 2.71. The number of pyridine rings is 1. The molecule has 0 saturated heterocycles. The molecule has 2 aromatic heterocycles. The van der Waals surface area contributed by atoms with Crippen LogP contribution in [0.2, 0.25) is 15.2 Å². The number of alkyl halides is 3. The maximum absolute atomic E-state index is 12.6. The van der Waals surface area contributed by atoms with Crippen molar-refractivity contribution in [1.82, 2.24) is 14.8 Å². The van der Waals surface area contributed by atoms with Gasteiger partial charge >= 0.3 is 12.1 Å². The van der Waals surface area contributed by atoms with E-state index >= 15 is 0 Å². The van der Waals surface area contributed by atoms with Gasteiger partial charge in [-0.15, -0.1) is 0 Å². The molecule has 0 aromatic carbocycles. The molecule has 0 fully saturated rings. The fourth-order valence-corrected chi connectivity index (χ4v) is 1.99. The summed E-state index contributed by atoms with van der Waals surface area (Å²) >= 11 is 17.1. The van der Waals surface area contributed by atoms with Crippen molar-refractivity contribution in [3.05, 3.63) is 38.7 Å². The van der Waals surface area contributed by atoms with Crippen molar-refractivity contribution < 1.29 is 23.1 Å². The third kappa shape index (κ3) is 3.07. The first kappa shape index (κ1) is 15.9. The number of rotatable bonds is 2. The van der Waals surface area contributed by atoms with Crippen molar-refractivity contribution in [3.63, 3.8) is 0 Å². The van der Waals surface area contributed by atoms with E-state index in [1.807, 2.05) is 0 Å². The predicted molar refractivity (Wildman–Crippen MR) is 68.4 cm³/mol. The highest BCUT2D eigenvalue weighted by molar-refractivity contribution is 6.42. The molecule has 2 heterocycles. The Morgan fingerprint density at radius 1 is 1.19 bits per heavy atom. The highest BCUT2D eigenvalue weighted by Gasteiger charge is 2.36. The van der Waals surface area contributed by atoms with E-state index in [4.69, 9.17) is 39.9 Å². The zero-order valence-corrected chi connectivity index (χ0v) is 11.9. The molecule has 0 unspecified atom stereocenters. The molecule has 0 saturated carbocycles. The number of halogens is 6. The quantitative estimate of drug-likeness (QED) is 0.824. The van der Waals surface area contributed by atoms with Gasteiger partial charge in [-0.2, -0.15) is 18.3 Å². The van der Waals surface area contributed by atoms with Gasteiger partial charge in [0.05, 0.1) is 10.0 Å². The lowest BCUT2D eigenvalue weighted by Crippen LogP contribution is -2.11. The van der Waals surface area contributed by atoms with Crippen LogP contribution in [-0.4, -0.2) is 25.8 Å². The minimum atomic E-state index is -4.82. The second-order valence-corrected chi connectivity index (χ2v) is 4.87. The summed E-state index contributed by atoms with van der Waals surface area (Å²) in [5, 5.41) is 11.6. The third-order valence-electron chi connectivity index (χ3n) is 2.29. The largest absolute Gasteiger partial charge is 0.477 e. The van der Waals surface area contributed by atoms with Crippen molar-refractivity contribution in [2.45, 2.75) is 6.18 Å². The first-order chi connectivity index (χ1) is 9.61. The van der Waals surface area contributed by atoms with Crippen molar-refractivity contribution in [3.8, 4) is 5.82 Å². The summed E-state index contributed by atoms with van der Waals surface area (Å²) in [6.07, 6.45) is -4.82. The minimum absolute atomic E-state index is 0.0366. The Bertz CT molecular complexity index is 730. The Hall–Kier alpha value is -1.51. The summed E-state index contributed by atoms with van der Waals surface area (Å²) in [7, 11) is 0. The first-order valence-electron chi connectivity index (χ1n) is 5.03. The molecule has 5 nitrogen and oxygen atoms in total. The summed E-state index contributed by atoms with van der Waals surface area (Å²) in [5.41, 5.74) is -2.17. The van der Waals surface area contributed by atoms with E-state index in [1.165, 1.54) is 0 Å². The van der Waals surface area contributed by atoms with Gasteiger partial charge in [-0.05, 0) is 6.07 Å². The van der Waals surface area contributed by atoms with Gasteiger partial charge in [-0.1, -0.05) is 34.8 Å². The number of carboxylic acids is 1. The number of nitrogens with zero attached hydrogens (tertiary/aromatic N) is 3. The Kier molecular flexibility index (Phi) is 4.05. The van der Waals surface area contributed by atoms with Gasteiger partial charge in [0, 0.05) is 6.07 Å². The molecule has 0 amide bonds. The fraction of sp³-hybridized carbons (Fsp3) is 0.100. The lowest BCUT2D eigenvalue weighted by atomic mass is 10.3. The molecule has 0 spiro atoms. The fourth-order valence-electron chi connectivity index (χ4n) is 1.42. The maximum Gasteiger partial charge on any atom is 0.435 e.